The monoisotopic (exact) mass is 613 g/mol. The minimum atomic E-state index is -1.37. The van der Waals surface area contributed by atoms with Crippen LogP contribution in [0.2, 0.25) is 0 Å². The van der Waals surface area contributed by atoms with E-state index in [1.54, 1.807) is 14.7 Å². The summed E-state index contributed by atoms with van der Waals surface area (Å²) in [5, 5.41) is 10.6. The lowest BCUT2D eigenvalue weighted by Crippen LogP contribution is -2.58. The van der Waals surface area contributed by atoms with Gasteiger partial charge in [0, 0.05) is 24.5 Å². The third kappa shape index (κ3) is 5.06. The summed E-state index contributed by atoms with van der Waals surface area (Å²) in [6, 6.07) is 11.6. The van der Waals surface area contributed by atoms with Crippen LogP contribution in [0.4, 0.5) is 11.4 Å². The molecule has 4 aliphatic rings. The van der Waals surface area contributed by atoms with E-state index in [-0.39, 0.29) is 30.2 Å². The van der Waals surface area contributed by atoms with Crippen molar-refractivity contribution in [3.63, 3.8) is 0 Å². The first-order valence-corrected chi connectivity index (χ1v) is 16.0. The van der Waals surface area contributed by atoms with Gasteiger partial charge in [-0.25, -0.2) is 0 Å². The fourth-order valence-electron chi connectivity index (χ4n) is 7.84. The Labute approximate surface area is 265 Å². The molecule has 0 saturated carbocycles. The molecule has 6 atom stereocenters. The highest BCUT2D eigenvalue weighted by atomic mass is 16.5. The van der Waals surface area contributed by atoms with Gasteiger partial charge in [-0.2, -0.15) is 0 Å². The van der Waals surface area contributed by atoms with E-state index < -0.39 is 35.6 Å². The van der Waals surface area contributed by atoms with E-state index in [2.05, 4.69) is 0 Å². The molecule has 0 radical (unpaired) electrons. The zero-order valence-electron chi connectivity index (χ0n) is 26.7. The van der Waals surface area contributed by atoms with Gasteiger partial charge in [-0.1, -0.05) is 56.4 Å². The number of ether oxygens (including phenoxy) is 2. The molecule has 9 heteroatoms. The Morgan fingerprint density at radius 1 is 0.956 bits per heavy atom. The van der Waals surface area contributed by atoms with Crippen molar-refractivity contribution in [3.05, 3.63) is 77.9 Å². The molecule has 0 bridgehead atoms. The highest BCUT2D eigenvalue weighted by Gasteiger charge is 2.72. The number of rotatable bonds is 8. The van der Waals surface area contributed by atoms with Crippen LogP contribution < -0.4 is 14.5 Å². The van der Waals surface area contributed by atoms with Crippen LogP contribution in [0.15, 0.2) is 66.8 Å². The van der Waals surface area contributed by atoms with Gasteiger partial charge < -0.3 is 29.3 Å². The molecule has 1 unspecified atom stereocenters. The van der Waals surface area contributed by atoms with Gasteiger partial charge >= 0.3 is 0 Å². The topological polar surface area (TPSA) is 99.6 Å². The van der Waals surface area contributed by atoms with Crippen LogP contribution in [0.25, 0.3) is 0 Å². The second-order valence-corrected chi connectivity index (χ2v) is 12.9. The predicted molar refractivity (Wildman–Crippen MR) is 172 cm³/mol. The number of likely N-dealkylation sites (tertiary alicyclic amines) is 1. The Kier molecular flexibility index (Phi) is 8.35. The van der Waals surface area contributed by atoms with Crippen LogP contribution in [0.3, 0.4) is 0 Å². The minimum Gasteiger partial charge on any atom is -0.494 e. The summed E-state index contributed by atoms with van der Waals surface area (Å²) in [7, 11) is 0. The van der Waals surface area contributed by atoms with E-state index in [1.165, 1.54) is 0 Å². The number of nitrogens with zero attached hydrogens (tertiary/aromatic N) is 3. The summed E-state index contributed by atoms with van der Waals surface area (Å²) in [4.78, 5) is 49.1. The van der Waals surface area contributed by atoms with Crippen molar-refractivity contribution in [1.82, 2.24) is 4.90 Å². The molecule has 2 fully saturated rings. The summed E-state index contributed by atoms with van der Waals surface area (Å²) >= 11 is 0. The lowest BCUT2D eigenvalue weighted by atomic mass is 9.77. The molecule has 9 nitrogen and oxygen atoms in total. The van der Waals surface area contributed by atoms with Gasteiger partial charge in [0.25, 0.3) is 5.91 Å². The molecule has 4 aliphatic heterocycles. The van der Waals surface area contributed by atoms with Gasteiger partial charge in [0.2, 0.25) is 11.8 Å². The molecular formula is C36H43N3O6. The highest BCUT2D eigenvalue weighted by molar-refractivity contribution is 6.08. The van der Waals surface area contributed by atoms with Crippen LogP contribution in [0, 0.1) is 31.6 Å². The van der Waals surface area contributed by atoms with Crippen LogP contribution >= 0.6 is 0 Å². The summed E-state index contributed by atoms with van der Waals surface area (Å²) in [5.74, 6) is -1.75. The number of hydrogen-bond acceptors (Lipinski definition) is 6. The van der Waals surface area contributed by atoms with Crippen molar-refractivity contribution >= 4 is 29.1 Å². The zero-order valence-corrected chi connectivity index (χ0v) is 26.7. The van der Waals surface area contributed by atoms with Crippen LogP contribution in [-0.2, 0) is 19.1 Å². The number of carbonyl (C=O) groups excluding carboxylic acids is 3. The second-order valence-electron chi connectivity index (χ2n) is 12.9. The number of hydrogen-bond donors (Lipinski definition) is 1. The summed E-state index contributed by atoms with van der Waals surface area (Å²) in [6.45, 7) is 10.8. The molecule has 6 rings (SSSR count). The first-order valence-electron chi connectivity index (χ1n) is 16.0. The van der Waals surface area contributed by atoms with Crippen LogP contribution in [0.1, 0.15) is 38.3 Å². The van der Waals surface area contributed by atoms with Gasteiger partial charge in [-0.15, -0.1) is 0 Å². The number of fused-ring (bicyclic) bond motifs is 2. The number of anilines is 2. The maximum Gasteiger partial charge on any atom is 0.253 e. The van der Waals surface area contributed by atoms with Gasteiger partial charge in [-0.05, 0) is 68.5 Å². The number of para-hydroxylation sites is 1. The van der Waals surface area contributed by atoms with Gasteiger partial charge in [-0.3, -0.25) is 14.4 Å². The van der Waals surface area contributed by atoms with Crippen LogP contribution in [-0.4, -0.2) is 77.8 Å². The summed E-state index contributed by atoms with van der Waals surface area (Å²) < 4.78 is 12.4. The average Bonchev–Trinajstić information content (AvgIpc) is 3.33. The average molecular weight is 614 g/mol. The highest BCUT2D eigenvalue weighted by Crippen LogP contribution is 2.54. The fourth-order valence-corrected chi connectivity index (χ4v) is 7.84. The number of carbonyl (C=O) groups is 3. The molecule has 1 spiro atoms. The van der Waals surface area contributed by atoms with E-state index in [1.807, 2.05) is 101 Å². The van der Waals surface area contributed by atoms with Crippen molar-refractivity contribution in [3.8, 4) is 5.75 Å². The first-order chi connectivity index (χ1) is 21.6. The number of aliphatic hydroxyl groups is 1. The Bertz CT molecular complexity index is 1510. The second kappa shape index (κ2) is 12.1. The number of aliphatic hydroxyl groups excluding tert-OH is 1. The van der Waals surface area contributed by atoms with Crippen molar-refractivity contribution < 1.29 is 29.0 Å². The minimum absolute atomic E-state index is 0.156. The van der Waals surface area contributed by atoms with E-state index in [0.717, 1.165) is 16.8 Å². The number of benzene rings is 2. The lowest BCUT2D eigenvalue weighted by Gasteiger charge is -2.39. The maximum absolute atomic E-state index is 14.9. The molecule has 2 saturated heterocycles. The number of amides is 3. The fraction of sp³-hybridized carbons (Fsp3) is 0.472. The Morgan fingerprint density at radius 3 is 2.29 bits per heavy atom. The van der Waals surface area contributed by atoms with E-state index in [4.69, 9.17) is 9.47 Å². The van der Waals surface area contributed by atoms with Gasteiger partial charge in [0.15, 0.2) is 0 Å². The third-order valence-electron chi connectivity index (χ3n) is 9.61. The van der Waals surface area contributed by atoms with E-state index in [0.29, 0.717) is 37.6 Å². The Hall–Kier alpha value is -3.95. The maximum atomic E-state index is 14.9. The smallest absolute Gasteiger partial charge is 0.253 e. The molecule has 4 heterocycles. The molecule has 238 valence electrons. The molecular weight excluding hydrogens is 570 g/mol. The molecule has 45 heavy (non-hydrogen) atoms. The van der Waals surface area contributed by atoms with Crippen molar-refractivity contribution in [2.45, 2.75) is 64.8 Å². The van der Waals surface area contributed by atoms with Gasteiger partial charge in [0.05, 0.1) is 37.2 Å². The standard InChI is InChI=1S/C36H43N3O6/c1-6-44-27-15-13-25(14-16-27)37-18-8-12-28-29(33(37)41)30-34(42)39(26(21-40)20-22(2)3)32-35(43)38(19-9-17-36(30,32)45-28)31-23(4)10-7-11-24(31)5/h7-17,22,26,28-30,32,40H,6,18-21H2,1-5H3/t26-,28-,29+,30+,32?,36+/m1/s1. The summed E-state index contributed by atoms with van der Waals surface area (Å²) in [5.41, 5.74) is 2.01. The van der Waals surface area contributed by atoms with Crippen molar-refractivity contribution in [1.29, 1.82) is 0 Å². The van der Waals surface area contributed by atoms with E-state index in [9.17, 15) is 19.5 Å². The van der Waals surface area contributed by atoms with E-state index >= 15 is 0 Å². The predicted octanol–water partition coefficient (Wildman–Crippen LogP) is 4.20. The molecule has 0 aromatic heterocycles. The SMILES string of the molecule is CCOc1ccc(N2CC=C[C@H]3O[C@]45C=CCN(c6c(C)cccc6C)C(=O)C4N([C@@H](CO)CC(C)C)C(=O)[C@@H]5[C@H]3C2=O)cc1. The van der Waals surface area contributed by atoms with Crippen molar-refractivity contribution in [2.24, 2.45) is 17.8 Å². The molecule has 2 aromatic rings. The molecule has 2 aromatic carbocycles. The summed E-state index contributed by atoms with van der Waals surface area (Å²) in [6.07, 6.45) is 7.32. The largest absolute Gasteiger partial charge is 0.494 e. The van der Waals surface area contributed by atoms with Crippen LogP contribution in [0.5, 0.6) is 5.75 Å². The normalized spacial score (nSPS) is 28.2. The first kappa shape index (κ1) is 31.0. The number of aryl methyl sites for hydroxylation is 2. The van der Waals surface area contributed by atoms with Crippen molar-refractivity contribution in [2.75, 3.05) is 36.1 Å². The van der Waals surface area contributed by atoms with Gasteiger partial charge in [0.1, 0.15) is 17.4 Å². The Morgan fingerprint density at radius 2 is 1.64 bits per heavy atom. The Balaban J connectivity index is 1.45. The zero-order chi connectivity index (χ0) is 32.0. The third-order valence-corrected chi connectivity index (χ3v) is 9.61. The molecule has 3 amide bonds. The lowest BCUT2D eigenvalue weighted by molar-refractivity contribution is -0.144. The molecule has 0 aliphatic carbocycles. The quantitative estimate of drug-likeness (QED) is 0.449. The molecule has 1 N–H and O–H groups in total.